The third kappa shape index (κ3) is 15.5. The molecule has 0 saturated carbocycles. The maximum atomic E-state index is 13.4. The number of carbonyl (C=O) groups excluding carboxylic acids is 3. The second-order valence-electron chi connectivity index (χ2n) is 15.9. The van der Waals surface area contributed by atoms with Crippen molar-refractivity contribution in [2.24, 2.45) is 0 Å². The first-order valence-electron chi connectivity index (χ1n) is 21.1. The van der Waals surface area contributed by atoms with E-state index in [4.69, 9.17) is 28.4 Å². The number of rotatable bonds is 19. The van der Waals surface area contributed by atoms with E-state index in [2.05, 4.69) is 20.9 Å². The molecule has 2 heterocycles. The van der Waals surface area contributed by atoms with E-state index in [9.17, 15) is 50.6 Å². The number of nitrogens with one attached hydrogen (secondary N) is 2. The molecule has 0 spiro atoms. The van der Waals surface area contributed by atoms with Crippen LogP contribution in [0.15, 0.2) is 21.2 Å². The Labute approximate surface area is 372 Å². The van der Waals surface area contributed by atoms with Gasteiger partial charge >= 0.3 is 24.3 Å². The highest BCUT2D eigenvalue weighted by atomic mass is 19.4. The summed E-state index contributed by atoms with van der Waals surface area (Å²) in [6.07, 6.45) is -5.09. The van der Waals surface area contributed by atoms with Gasteiger partial charge in [0.05, 0.1) is 23.9 Å². The van der Waals surface area contributed by atoms with Crippen LogP contribution in [-0.2, 0) is 62.0 Å². The maximum absolute atomic E-state index is 13.4. The third-order valence-electron chi connectivity index (χ3n) is 9.26. The van der Waals surface area contributed by atoms with Crippen molar-refractivity contribution < 1.29 is 79.0 Å². The summed E-state index contributed by atoms with van der Waals surface area (Å²) in [6.45, 7) is 16.6. The maximum Gasteiger partial charge on any atom is 0.437 e. The van der Waals surface area contributed by atoms with Crippen molar-refractivity contribution in [3.63, 3.8) is 0 Å². The van der Waals surface area contributed by atoms with E-state index in [1.807, 2.05) is 27.7 Å². The lowest BCUT2D eigenvalue weighted by Crippen LogP contribution is -2.41. The van der Waals surface area contributed by atoms with Crippen LogP contribution in [0.5, 0.6) is 11.5 Å². The molecule has 21 heteroatoms. The number of halogens is 6. The van der Waals surface area contributed by atoms with Gasteiger partial charge < -0.3 is 44.1 Å². The minimum atomic E-state index is -4.66. The van der Waals surface area contributed by atoms with Crippen molar-refractivity contribution in [2.45, 2.75) is 144 Å². The van der Waals surface area contributed by atoms with Gasteiger partial charge in [0.2, 0.25) is 11.8 Å². The number of carboxylic acid groups (broad SMARTS) is 1. The lowest BCUT2D eigenvalue weighted by atomic mass is 9.97. The number of ether oxygens (including phenoxy) is 3. The largest absolute Gasteiger partial charge is 0.478 e. The molecule has 0 aliphatic heterocycles. The molecule has 2 aromatic carbocycles. The quantitative estimate of drug-likeness (QED) is 0.0394. The Morgan fingerprint density at radius 2 is 1.03 bits per heavy atom. The van der Waals surface area contributed by atoms with Gasteiger partial charge in [-0.2, -0.15) is 26.3 Å². The summed E-state index contributed by atoms with van der Waals surface area (Å²) in [6, 6.07) is 2.73. The Bertz CT molecular complexity index is 2230. The number of amides is 2. The lowest BCUT2D eigenvalue weighted by molar-refractivity contribution is -0.159. The van der Waals surface area contributed by atoms with Gasteiger partial charge in [-0.05, 0) is 76.6 Å². The summed E-state index contributed by atoms with van der Waals surface area (Å²) in [4.78, 5) is 45.0. The first-order valence-corrected chi connectivity index (χ1v) is 21.1. The van der Waals surface area contributed by atoms with Crippen LogP contribution in [0, 0.1) is 0 Å². The average Bonchev–Trinajstić information content (AvgIpc) is 3.84. The second-order valence-corrected chi connectivity index (χ2v) is 15.9. The monoisotopic (exact) mass is 934 g/mol. The fourth-order valence-corrected chi connectivity index (χ4v) is 6.27. The van der Waals surface area contributed by atoms with Crippen LogP contribution in [0.4, 0.5) is 26.3 Å². The smallest absolute Gasteiger partial charge is 0.437 e. The van der Waals surface area contributed by atoms with Crippen LogP contribution in [0.2, 0.25) is 0 Å². The first-order chi connectivity index (χ1) is 30.2. The number of hydrogen-bond acceptors (Lipinski definition) is 12. The fourth-order valence-electron chi connectivity index (χ4n) is 6.27. The Kier molecular flexibility index (Phi) is 20.6. The number of aliphatic hydroxyl groups is 1. The number of hydrogen-bond donors (Lipinski definition) is 4. The van der Waals surface area contributed by atoms with Gasteiger partial charge in [-0.3, -0.25) is 9.59 Å². The van der Waals surface area contributed by atoms with Crippen LogP contribution in [0.25, 0.3) is 21.9 Å². The van der Waals surface area contributed by atoms with E-state index in [0.29, 0.717) is 85.9 Å². The second kappa shape index (κ2) is 24.1. The molecule has 0 fully saturated rings. The molecule has 364 valence electrons. The number of carbonyl (C=O) groups is 4. The number of aliphatic carboxylic acids is 1. The van der Waals surface area contributed by atoms with Gasteiger partial charge in [-0.25, -0.2) is 9.59 Å². The summed E-state index contributed by atoms with van der Waals surface area (Å²) < 4.78 is 107. The van der Waals surface area contributed by atoms with Crippen LogP contribution in [0.3, 0.4) is 0 Å². The molecule has 0 radical (unpaired) electrons. The van der Waals surface area contributed by atoms with E-state index >= 15 is 0 Å². The van der Waals surface area contributed by atoms with Crippen molar-refractivity contribution in [2.75, 3.05) is 26.3 Å². The van der Waals surface area contributed by atoms with Gasteiger partial charge in [0.15, 0.2) is 33.8 Å². The highest BCUT2D eigenvalue weighted by Gasteiger charge is 2.41. The highest BCUT2D eigenvalue weighted by molar-refractivity contribution is 5.88. The molecule has 2 aromatic heterocycles. The van der Waals surface area contributed by atoms with Crippen molar-refractivity contribution in [1.29, 1.82) is 0 Å². The number of esters is 1. The van der Waals surface area contributed by atoms with Crippen molar-refractivity contribution in [3.05, 3.63) is 45.8 Å². The highest BCUT2D eigenvalue weighted by Crippen LogP contribution is 2.43. The SMILES string of the molecule is CC(=O)NCCO.CCCc1cc2c(C(F)(F)F)noc2c(CCC)c1OC(C)(C)C(=O)O.CCCc1cc2c(C(F)(F)F)noc2c(CCC)c1OC(C)(C)C(=O)OCCNC(C)=O. The molecular formula is C44H60F6N4O11. The molecule has 0 unspecified atom stereocenters. The molecule has 4 aromatic rings. The minimum absolute atomic E-state index is 0.00357. The number of benzene rings is 2. The summed E-state index contributed by atoms with van der Waals surface area (Å²) in [5.41, 5.74) is -3.20. The number of aromatic nitrogens is 2. The zero-order valence-corrected chi connectivity index (χ0v) is 38.4. The Morgan fingerprint density at radius 1 is 0.646 bits per heavy atom. The molecule has 4 rings (SSSR count). The van der Waals surface area contributed by atoms with E-state index in [0.717, 1.165) is 0 Å². The van der Waals surface area contributed by atoms with Crippen molar-refractivity contribution in [1.82, 2.24) is 20.9 Å². The molecule has 15 nitrogen and oxygen atoms in total. The minimum Gasteiger partial charge on any atom is -0.478 e. The summed E-state index contributed by atoms with van der Waals surface area (Å²) in [7, 11) is 0. The van der Waals surface area contributed by atoms with E-state index in [1.165, 1.54) is 53.7 Å². The summed E-state index contributed by atoms with van der Waals surface area (Å²) in [5.74, 6) is -1.59. The number of nitrogens with zero attached hydrogens (tertiary/aromatic N) is 2. The van der Waals surface area contributed by atoms with Crippen LogP contribution in [0.1, 0.15) is 129 Å². The molecule has 0 aliphatic rings. The topological polar surface area (TPSA) is 213 Å². The Hall–Kier alpha value is -5.60. The van der Waals surface area contributed by atoms with Gasteiger partial charge in [-0.1, -0.05) is 63.7 Å². The molecule has 2 amide bonds. The van der Waals surface area contributed by atoms with Crippen LogP contribution >= 0.6 is 0 Å². The van der Waals surface area contributed by atoms with Crippen molar-refractivity contribution in [3.8, 4) is 11.5 Å². The standard InChI is InChI=1S/C22H29F3N2O5.C18H22F3NO4.C4H9NO2/c1-6-8-14-12-16-18(32-27-19(16)22(23,24)25)15(9-7-2)17(14)31-21(4,5)20(29)30-11-10-26-13(3)28;1-5-7-10-9-12-14(26-22-15(12)18(19,20)21)11(8-6-2)13(10)25-17(3,4)16(23)24;1-4(7)5-2-3-6/h12H,6-11H2,1-5H3,(H,26,28);9H,5-8H2,1-4H3,(H,23,24);6H,2-3H2,1H3,(H,5,7). The molecule has 4 N–H and O–H groups in total. The average molecular weight is 935 g/mol. The Balaban J connectivity index is 0.000000395. The lowest BCUT2D eigenvalue weighted by Gasteiger charge is -2.27. The molecule has 0 aliphatic carbocycles. The zero-order valence-electron chi connectivity index (χ0n) is 38.4. The Morgan fingerprint density at radius 3 is 1.35 bits per heavy atom. The molecule has 0 saturated heterocycles. The van der Waals surface area contributed by atoms with E-state index in [1.54, 1.807) is 0 Å². The number of aryl methyl sites for hydroxylation is 4. The van der Waals surface area contributed by atoms with Gasteiger partial charge in [0.25, 0.3) is 0 Å². The summed E-state index contributed by atoms with van der Waals surface area (Å²) in [5, 5.41) is 28.6. The first kappa shape index (κ1) is 55.5. The van der Waals surface area contributed by atoms with Gasteiger partial charge in [0.1, 0.15) is 18.1 Å². The predicted octanol–water partition coefficient (Wildman–Crippen LogP) is 8.70. The molecule has 0 bridgehead atoms. The molecular weight excluding hydrogens is 874 g/mol. The molecule has 65 heavy (non-hydrogen) atoms. The van der Waals surface area contributed by atoms with Crippen molar-refractivity contribution >= 4 is 45.7 Å². The van der Waals surface area contributed by atoms with Crippen LogP contribution < -0.4 is 20.1 Å². The third-order valence-corrected chi connectivity index (χ3v) is 9.26. The van der Waals surface area contributed by atoms with E-state index in [-0.39, 0.29) is 59.3 Å². The fraction of sp³-hybridized carbons (Fsp3) is 0.591. The number of aliphatic hydroxyl groups excluding tert-OH is 1. The predicted molar refractivity (Wildman–Crippen MR) is 226 cm³/mol. The van der Waals surface area contributed by atoms with Crippen LogP contribution in [-0.4, -0.2) is 81.8 Å². The zero-order chi connectivity index (χ0) is 49.5. The molecule has 0 atom stereocenters. The number of fused-ring (bicyclic) bond motifs is 2. The number of carboxylic acids is 1. The van der Waals surface area contributed by atoms with Gasteiger partial charge in [-0.15, -0.1) is 0 Å². The normalized spacial score (nSPS) is 11.9. The number of alkyl halides is 6. The van der Waals surface area contributed by atoms with E-state index < -0.39 is 46.9 Å². The summed E-state index contributed by atoms with van der Waals surface area (Å²) >= 11 is 0. The van der Waals surface area contributed by atoms with Gasteiger partial charge in [0, 0.05) is 31.5 Å².